The molecule has 1 unspecified atom stereocenters. The Morgan fingerprint density at radius 3 is 2.75 bits per heavy atom. The van der Waals surface area contributed by atoms with Crippen LogP contribution < -0.4 is 0 Å². The first-order chi connectivity index (χ1) is 7.79. The highest BCUT2D eigenvalue weighted by atomic mass is 16.1. The number of carbonyl (C=O) groups excluding carboxylic acids is 1. The average Bonchev–Trinajstić information content (AvgIpc) is 2.74. The van der Waals surface area contributed by atoms with Crippen LogP contribution in [0.15, 0.2) is 29.3 Å². The normalized spacial score (nSPS) is 20.7. The van der Waals surface area contributed by atoms with Gasteiger partial charge >= 0.3 is 0 Å². The van der Waals surface area contributed by atoms with Crippen molar-refractivity contribution in [3.63, 3.8) is 0 Å². The molecular weight excluding hydrogens is 200 g/mol. The molecule has 3 nitrogen and oxygen atoms in total. The Kier molecular flexibility index (Phi) is 3.50. The van der Waals surface area contributed by atoms with Crippen molar-refractivity contribution in [1.29, 1.82) is 0 Å². The highest BCUT2D eigenvalue weighted by Crippen LogP contribution is 2.26. The molecule has 0 aromatic heterocycles. The minimum absolute atomic E-state index is 0.439. The molecule has 0 radical (unpaired) electrons. The van der Waals surface area contributed by atoms with Crippen molar-refractivity contribution in [3.8, 4) is 0 Å². The van der Waals surface area contributed by atoms with Gasteiger partial charge in [0.25, 0.3) is 0 Å². The molecule has 0 N–H and O–H groups in total. The number of hydrogen-bond acceptors (Lipinski definition) is 3. The summed E-state index contributed by atoms with van der Waals surface area (Å²) >= 11 is 0. The second-order valence-electron chi connectivity index (χ2n) is 4.40. The first-order valence-corrected chi connectivity index (χ1v) is 5.60. The Labute approximate surface area is 95.8 Å². The molecule has 1 aliphatic rings. The van der Waals surface area contributed by atoms with E-state index in [2.05, 4.69) is 41.2 Å². The van der Waals surface area contributed by atoms with Gasteiger partial charge < -0.3 is 4.90 Å². The molecular formula is C13H16N2O. The van der Waals surface area contributed by atoms with Crippen LogP contribution in [0, 0.1) is 0 Å². The Hall–Kier alpha value is -1.44. The summed E-state index contributed by atoms with van der Waals surface area (Å²) in [6.07, 6.45) is 2.80. The van der Waals surface area contributed by atoms with Crippen LogP contribution in [0.25, 0.3) is 0 Å². The molecule has 1 aliphatic heterocycles. The molecule has 84 valence electrons. The van der Waals surface area contributed by atoms with E-state index >= 15 is 0 Å². The van der Waals surface area contributed by atoms with Gasteiger partial charge in [-0.15, -0.1) is 0 Å². The van der Waals surface area contributed by atoms with Gasteiger partial charge in [0.2, 0.25) is 6.08 Å². The topological polar surface area (TPSA) is 32.7 Å². The van der Waals surface area contributed by atoms with E-state index in [1.165, 1.54) is 18.5 Å². The van der Waals surface area contributed by atoms with E-state index in [4.69, 9.17) is 0 Å². The van der Waals surface area contributed by atoms with E-state index in [-0.39, 0.29) is 0 Å². The molecule has 0 bridgehead atoms. The van der Waals surface area contributed by atoms with Gasteiger partial charge in [0.05, 0.1) is 6.54 Å². The van der Waals surface area contributed by atoms with Crippen molar-refractivity contribution in [1.82, 2.24) is 4.90 Å². The van der Waals surface area contributed by atoms with Gasteiger partial charge in [0, 0.05) is 6.54 Å². The first-order valence-electron chi connectivity index (χ1n) is 5.60. The van der Waals surface area contributed by atoms with Crippen LogP contribution in [-0.2, 0) is 11.3 Å². The third-order valence-electron chi connectivity index (χ3n) is 3.17. The first kappa shape index (κ1) is 11.1. The maximum absolute atomic E-state index is 9.99. The van der Waals surface area contributed by atoms with E-state index in [0.29, 0.717) is 12.5 Å². The van der Waals surface area contributed by atoms with Gasteiger partial charge in [-0.25, -0.2) is 9.79 Å². The summed E-state index contributed by atoms with van der Waals surface area (Å²) in [5, 5.41) is 0. The number of aliphatic imine (C=N–C) groups is 1. The van der Waals surface area contributed by atoms with Crippen LogP contribution in [0.5, 0.6) is 0 Å². The van der Waals surface area contributed by atoms with Crippen LogP contribution in [0.2, 0.25) is 0 Å². The Balaban J connectivity index is 2.04. The Bertz CT molecular complexity index is 393. The zero-order valence-corrected chi connectivity index (χ0v) is 9.52. The van der Waals surface area contributed by atoms with Crippen LogP contribution in [0.3, 0.4) is 0 Å². The summed E-state index contributed by atoms with van der Waals surface area (Å²) in [7, 11) is 2.16. The molecule has 3 heteroatoms. The summed E-state index contributed by atoms with van der Waals surface area (Å²) in [5.74, 6) is 0.661. The maximum Gasteiger partial charge on any atom is 0.235 e. The van der Waals surface area contributed by atoms with Crippen molar-refractivity contribution in [2.45, 2.75) is 18.9 Å². The van der Waals surface area contributed by atoms with E-state index in [9.17, 15) is 4.79 Å². The molecule has 16 heavy (non-hydrogen) atoms. The molecule has 0 saturated carbocycles. The molecule has 0 aliphatic carbocycles. The van der Waals surface area contributed by atoms with Crippen LogP contribution in [-0.4, -0.2) is 31.1 Å². The number of nitrogens with zero attached hydrogens (tertiary/aromatic N) is 2. The van der Waals surface area contributed by atoms with E-state index in [1.807, 2.05) is 0 Å². The smallest absolute Gasteiger partial charge is 0.235 e. The van der Waals surface area contributed by atoms with Gasteiger partial charge in [-0.3, -0.25) is 0 Å². The van der Waals surface area contributed by atoms with Crippen LogP contribution in [0.1, 0.15) is 23.5 Å². The van der Waals surface area contributed by atoms with Crippen LogP contribution in [0.4, 0.5) is 0 Å². The van der Waals surface area contributed by atoms with Gasteiger partial charge in [0.15, 0.2) is 0 Å². The standard InChI is InChI=1S/C13H16N2O/c1-15-7-6-13(9-15)12-4-2-11(3-5-12)8-14-10-16/h2-5,13H,6-9H2,1H3. The highest BCUT2D eigenvalue weighted by Gasteiger charge is 2.20. The molecule has 1 aromatic carbocycles. The number of isocyanates is 1. The van der Waals surface area contributed by atoms with E-state index in [1.54, 1.807) is 6.08 Å². The number of likely N-dealkylation sites (N-methyl/N-ethyl adjacent to an activating group) is 1. The minimum Gasteiger partial charge on any atom is -0.306 e. The summed E-state index contributed by atoms with van der Waals surface area (Å²) < 4.78 is 0. The molecule has 1 saturated heterocycles. The van der Waals surface area contributed by atoms with Crippen molar-refractivity contribution < 1.29 is 4.79 Å². The lowest BCUT2D eigenvalue weighted by atomic mass is 9.97. The second kappa shape index (κ2) is 5.06. The molecule has 2 rings (SSSR count). The summed E-state index contributed by atoms with van der Waals surface area (Å²) in [5.41, 5.74) is 2.46. The third-order valence-corrected chi connectivity index (χ3v) is 3.17. The fourth-order valence-electron chi connectivity index (χ4n) is 2.23. The zero-order chi connectivity index (χ0) is 11.4. The van der Waals surface area contributed by atoms with Crippen molar-refractivity contribution in [2.24, 2.45) is 4.99 Å². The van der Waals surface area contributed by atoms with Gasteiger partial charge in [0.1, 0.15) is 0 Å². The second-order valence-corrected chi connectivity index (χ2v) is 4.40. The number of likely N-dealkylation sites (tertiary alicyclic amines) is 1. The molecule has 1 aromatic rings. The minimum atomic E-state index is 0.439. The lowest BCUT2D eigenvalue weighted by Gasteiger charge is -2.11. The molecule has 1 fully saturated rings. The van der Waals surface area contributed by atoms with Gasteiger partial charge in [-0.05, 0) is 37.1 Å². The Morgan fingerprint density at radius 2 is 2.19 bits per heavy atom. The largest absolute Gasteiger partial charge is 0.306 e. The van der Waals surface area contributed by atoms with E-state index in [0.717, 1.165) is 12.1 Å². The molecule has 0 amide bonds. The van der Waals surface area contributed by atoms with Crippen molar-refractivity contribution >= 4 is 6.08 Å². The van der Waals surface area contributed by atoms with Gasteiger partial charge in [-0.1, -0.05) is 24.3 Å². The SMILES string of the molecule is CN1CCC(c2ccc(CN=C=O)cc2)C1. The van der Waals surface area contributed by atoms with Gasteiger partial charge in [-0.2, -0.15) is 0 Å². The summed E-state index contributed by atoms with van der Waals surface area (Å²) in [6.45, 7) is 2.77. The Morgan fingerprint density at radius 1 is 1.44 bits per heavy atom. The monoisotopic (exact) mass is 216 g/mol. The molecule has 1 heterocycles. The van der Waals surface area contributed by atoms with E-state index < -0.39 is 0 Å². The zero-order valence-electron chi connectivity index (χ0n) is 9.52. The molecule has 1 atom stereocenters. The van der Waals surface area contributed by atoms with Crippen molar-refractivity contribution in [2.75, 3.05) is 20.1 Å². The summed E-state index contributed by atoms with van der Waals surface area (Å²) in [4.78, 5) is 15.9. The van der Waals surface area contributed by atoms with Crippen molar-refractivity contribution in [3.05, 3.63) is 35.4 Å². The lowest BCUT2D eigenvalue weighted by Crippen LogP contribution is -2.13. The predicted molar refractivity (Wildman–Crippen MR) is 63.1 cm³/mol. The number of hydrogen-bond donors (Lipinski definition) is 0. The fraction of sp³-hybridized carbons (Fsp3) is 0.462. The third kappa shape index (κ3) is 2.57. The highest BCUT2D eigenvalue weighted by molar-refractivity contribution is 5.34. The molecule has 0 spiro atoms. The fourth-order valence-corrected chi connectivity index (χ4v) is 2.23. The predicted octanol–water partition coefficient (Wildman–Crippen LogP) is 1.94. The lowest BCUT2D eigenvalue weighted by molar-refractivity contribution is 0.411. The summed E-state index contributed by atoms with van der Waals surface area (Å²) in [6, 6.07) is 8.40. The average molecular weight is 216 g/mol. The number of benzene rings is 1. The quantitative estimate of drug-likeness (QED) is 0.571. The maximum atomic E-state index is 9.99. The number of rotatable bonds is 3. The van der Waals surface area contributed by atoms with Crippen LogP contribution >= 0.6 is 0 Å².